The van der Waals surface area contributed by atoms with Crippen LogP contribution in [0.5, 0.6) is 0 Å². The predicted molar refractivity (Wildman–Crippen MR) is 121 cm³/mol. The van der Waals surface area contributed by atoms with Crippen LogP contribution in [0.25, 0.3) is 0 Å². The van der Waals surface area contributed by atoms with E-state index in [1.807, 2.05) is 19.2 Å². The van der Waals surface area contributed by atoms with Crippen LogP contribution in [-0.4, -0.2) is 52.7 Å². The van der Waals surface area contributed by atoms with Crippen molar-refractivity contribution in [3.8, 4) is 0 Å². The molecule has 0 radical (unpaired) electrons. The van der Waals surface area contributed by atoms with Gasteiger partial charge in [-0.3, -0.25) is 4.79 Å². The van der Waals surface area contributed by atoms with Crippen LogP contribution in [0.4, 0.5) is 4.79 Å². The molecular formula is C22H28Cl2N4O3. The minimum Gasteiger partial charge on any atom is -0.464 e. The fraction of sp³-hybridized carbons (Fsp3) is 0.500. The van der Waals surface area contributed by atoms with E-state index in [0.717, 1.165) is 37.1 Å². The van der Waals surface area contributed by atoms with Crippen LogP contribution in [0.3, 0.4) is 0 Å². The molecule has 0 aliphatic carbocycles. The molecule has 0 unspecified atom stereocenters. The lowest BCUT2D eigenvalue weighted by Crippen LogP contribution is -2.45. The summed E-state index contributed by atoms with van der Waals surface area (Å²) in [5.74, 6) is 0.824. The Morgan fingerprint density at radius 2 is 2.03 bits per heavy atom. The number of rotatable bonds is 8. The lowest BCUT2D eigenvalue weighted by Gasteiger charge is -2.32. The number of aromatic nitrogens is 2. The number of hydrogen-bond acceptors (Lipinski definition) is 4. The molecule has 2 aromatic rings. The zero-order chi connectivity index (χ0) is 22.2. The fourth-order valence-corrected chi connectivity index (χ4v) is 4.02. The molecule has 3 rings (SSSR count). The van der Waals surface area contributed by atoms with E-state index in [2.05, 4.69) is 14.9 Å². The van der Waals surface area contributed by atoms with E-state index in [0.29, 0.717) is 36.3 Å². The summed E-state index contributed by atoms with van der Waals surface area (Å²) in [7, 11) is 0. The number of halogens is 2. The predicted octanol–water partition coefficient (Wildman–Crippen LogP) is 4.47. The van der Waals surface area contributed by atoms with Crippen LogP contribution < -0.4 is 5.32 Å². The van der Waals surface area contributed by atoms with Gasteiger partial charge in [-0.05, 0) is 43.0 Å². The van der Waals surface area contributed by atoms with Gasteiger partial charge < -0.3 is 19.5 Å². The molecule has 9 heteroatoms. The van der Waals surface area contributed by atoms with Gasteiger partial charge in [-0.15, -0.1) is 0 Å². The first-order valence-electron chi connectivity index (χ1n) is 10.6. The molecule has 1 aliphatic rings. The molecule has 168 valence electrons. The Hall–Kier alpha value is -2.25. The van der Waals surface area contributed by atoms with Crippen molar-refractivity contribution in [3.05, 3.63) is 52.0 Å². The van der Waals surface area contributed by atoms with Crippen LogP contribution in [0.1, 0.15) is 49.9 Å². The maximum absolute atomic E-state index is 12.4. The molecular weight excluding hydrogens is 439 g/mol. The third-order valence-electron chi connectivity index (χ3n) is 5.39. The van der Waals surface area contributed by atoms with Gasteiger partial charge in [-0.2, -0.15) is 0 Å². The maximum Gasteiger partial charge on any atom is 0.325 e. The minimum atomic E-state index is -0.404. The first kappa shape index (κ1) is 23.4. The van der Waals surface area contributed by atoms with Crippen molar-refractivity contribution in [2.75, 3.05) is 26.2 Å². The Morgan fingerprint density at radius 3 is 2.77 bits per heavy atom. The van der Waals surface area contributed by atoms with E-state index in [4.69, 9.17) is 27.9 Å². The molecule has 0 spiro atoms. The molecule has 1 N–H and O–H groups in total. The standard InChI is InChI=1S/C22H28Cl2N4O3/c1-2-3-12-31-20(29)14-26-22(30)27-9-6-16(7-10-27)21-25-8-11-28(21)15-17-13-18(23)4-5-19(17)24/h4-5,8,11,13,16H,2-3,6-7,9-10,12,14-15H2,1H3,(H,26,30). The second kappa shape index (κ2) is 11.4. The summed E-state index contributed by atoms with van der Waals surface area (Å²) >= 11 is 12.4. The summed E-state index contributed by atoms with van der Waals surface area (Å²) in [6, 6.07) is 5.20. The van der Waals surface area contributed by atoms with Gasteiger partial charge in [-0.1, -0.05) is 36.5 Å². The first-order valence-corrected chi connectivity index (χ1v) is 11.4. The van der Waals surface area contributed by atoms with Crippen molar-refractivity contribution in [1.29, 1.82) is 0 Å². The number of esters is 1. The molecule has 2 heterocycles. The monoisotopic (exact) mass is 466 g/mol. The van der Waals surface area contributed by atoms with Crippen molar-refractivity contribution < 1.29 is 14.3 Å². The molecule has 0 saturated carbocycles. The number of hydrogen-bond donors (Lipinski definition) is 1. The number of nitrogens with zero attached hydrogens (tertiary/aromatic N) is 3. The van der Waals surface area contributed by atoms with Gasteiger partial charge in [0.15, 0.2) is 0 Å². The Kier molecular flexibility index (Phi) is 8.60. The average molecular weight is 467 g/mol. The fourth-order valence-electron chi connectivity index (χ4n) is 3.64. The van der Waals surface area contributed by atoms with Crippen LogP contribution in [0.15, 0.2) is 30.6 Å². The van der Waals surface area contributed by atoms with E-state index in [-0.39, 0.29) is 18.5 Å². The molecule has 1 fully saturated rings. The Labute approximate surface area is 192 Å². The number of piperidine rings is 1. The van der Waals surface area contributed by atoms with Crippen LogP contribution in [0.2, 0.25) is 10.0 Å². The second-order valence-corrected chi connectivity index (χ2v) is 8.49. The highest BCUT2D eigenvalue weighted by Crippen LogP contribution is 2.28. The van der Waals surface area contributed by atoms with Gasteiger partial charge in [0.05, 0.1) is 13.2 Å². The number of imidazole rings is 1. The van der Waals surface area contributed by atoms with Gasteiger partial charge in [-0.25, -0.2) is 9.78 Å². The number of carbonyl (C=O) groups excluding carboxylic acids is 2. The second-order valence-electron chi connectivity index (χ2n) is 7.64. The Balaban J connectivity index is 1.50. The van der Waals surface area contributed by atoms with Crippen molar-refractivity contribution in [3.63, 3.8) is 0 Å². The minimum absolute atomic E-state index is 0.104. The molecule has 7 nitrogen and oxygen atoms in total. The molecule has 31 heavy (non-hydrogen) atoms. The molecule has 1 aromatic heterocycles. The smallest absolute Gasteiger partial charge is 0.325 e. The lowest BCUT2D eigenvalue weighted by atomic mass is 9.96. The lowest BCUT2D eigenvalue weighted by molar-refractivity contribution is -0.142. The molecule has 2 amide bonds. The number of unbranched alkanes of at least 4 members (excludes halogenated alkanes) is 1. The highest BCUT2D eigenvalue weighted by Gasteiger charge is 2.26. The molecule has 1 aromatic carbocycles. The van der Waals surface area contributed by atoms with E-state index < -0.39 is 5.97 Å². The highest BCUT2D eigenvalue weighted by molar-refractivity contribution is 6.33. The number of ether oxygens (including phenoxy) is 1. The first-order chi connectivity index (χ1) is 15.0. The number of urea groups is 1. The summed E-state index contributed by atoms with van der Waals surface area (Å²) in [5, 5.41) is 3.97. The third-order valence-corrected chi connectivity index (χ3v) is 5.99. The van der Waals surface area contributed by atoms with Crippen molar-refractivity contribution in [2.24, 2.45) is 0 Å². The maximum atomic E-state index is 12.4. The average Bonchev–Trinajstić information content (AvgIpc) is 3.23. The third kappa shape index (κ3) is 6.61. The number of amides is 2. The summed E-state index contributed by atoms with van der Waals surface area (Å²) in [6.07, 6.45) is 7.11. The SMILES string of the molecule is CCCCOC(=O)CNC(=O)N1CCC(c2nccn2Cc2cc(Cl)ccc2Cl)CC1. The van der Waals surface area contributed by atoms with Crippen LogP contribution in [0, 0.1) is 0 Å². The van der Waals surface area contributed by atoms with Gasteiger partial charge in [0.1, 0.15) is 12.4 Å². The van der Waals surface area contributed by atoms with Crippen LogP contribution >= 0.6 is 23.2 Å². The van der Waals surface area contributed by atoms with Crippen molar-refractivity contribution in [1.82, 2.24) is 19.8 Å². The Bertz CT molecular complexity index is 895. The number of carbonyl (C=O) groups is 2. The van der Waals surface area contributed by atoms with E-state index in [1.54, 1.807) is 23.2 Å². The van der Waals surface area contributed by atoms with E-state index >= 15 is 0 Å². The molecule has 1 aliphatic heterocycles. The molecule has 0 bridgehead atoms. The normalized spacial score (nSPS) is 14.5. The van der Waals surface area contributed by atoms with Crippen molar-refractivity contribution in [2.45, 2.75) is 45.1 Å². The van der Waals surface area contributed by atoms with Gasteiger partial charge in [0.25, 0.3) is 0 Å². The van der Waals surface area contributed by atoms with E-state index in [1.165, 1.54) is 0 Å². The summed E-state index contributed by atoms with van der Waals surface area (Å²) in [4.78, 5) is 30.3. The Morgan fingerprint density at radius 1 is 1.26 bits per heavy atom. The summed E-state index contributed by atoms with van der Waals surface area (Å²) in [6.45, 7) is 4.11. The van der Waals surface area contributed by atoms with E-state index in [9.17, 15) is 9.59 Å². The summed E-state index contributed by atoms with van der Waals surface area (Å²) < 4.78 is 7.15. The van der Waals surface area contributed by atoms with Gasteiger partial charge in [0.2, 0.25) is 0 Å². The van der Waals surface area contributed by atoms with Gasteiger partial charge in [0, 0.05) is 41.4 Å². The zero-order valence-electron chi connectivity index (χ0n) is 17.7. The summed E-state index contributed by atoms with van der Waals surface area (Å²) in [5.41, 5.74) is 0.941. The largest absolute Gasteiger partial charge is 0.464 e. The highest BCUT2D eigenvalue weighted by atomic mass is 35.5. The number of nitrogens with one attached hydrogen (secondary N) is 1. The van der Waals surface area contributed by atoms with Crippen molar-refractivity contribution >= 4 is 35.2 Å². The van der Waals surface area contributed by atoms with Gasteiger partial charge >= 0.3 is 12.0 Å². The van der Waals surface area contributed by atoms with Crippen LogP contribution in [-0.2, 0) is 16.1 Å². The molecule has 1 saturated heterocycles. The topological polar surface area (TPSA) is 76.5 Å². The number of benzene rings is 1. The number of likely N-dealkylation sites (tertiary alicyclic amines) is 1. The quantitative estimate of drug-likeness (QED) is 0.459. The zero-order valence-corrected chi connectivity index (χ0v) is 19.2. The molecule has 0 atom stereocenters.